The average molecular weight is 335 g/mol. The number of fused-ring (bicyclic) bond motifs is 1. The lowest BCUT2D eigenvalue weighted by Gasteiger charge is -2.30. The Hall–Kier alpha value is -2.79. The summed E-state index contributed by atoms with van der Waals surface area (Å²) >= 11 is 0. The number of benzene rings is 2. The molecule has 2 heterocycles. The van der Waals surface area contributed by atoms with Gasteiger partial charge in [-0.3, -0.25) is 4.79 Å². The summed E-state index contributed by atoms with van der Waals surface area (Å²) in [4.78, 5) is 18.1. The molecule has 0 amide bonds. The predicted octanol–water partition coefficient (Wildman–Crippen LogP) is 3.30. The number of anilines is 2. The number of H-pyrrole nitrogens is 1. The molecule has 0 bridgehead atoms. The van der Waals surface area contributed by atoms with Crippen LogP contribution in [0.1, 0.15) is 10.4 Å². The van der Waals surface area contributed by atoms with E-state index < -0.39 is 0 Å². The first-order valence-electron chi connectivity index (χ1n) is 8.58. The number of rotatable bonds is 5. The molecule has 0 saturated carbocycles. The summed E-state index contributed by atoms with van der Waals surface area (Å²) in [5, 5.41) is 4.29. The van der Waals surface area contributed by atoms with Gasteiger partial charge in [-0.15, -0.1) is 0 Å². The van der Waals surface area contributed by atoms with E-state index in [2.05, 4.69) is 21.3 Å². The first kappa shape index (κ1) is 15.7. The number of carbonyl (C=O) groups excluding carboxylic acids is 1. The molecule has 0 atom stereocenters. The van der Waals surface area contributed by atoms with Crippen LogP contribution in [0.25, 0.3) is 10.9 Å². The average Bonchev–Trinajstić information content (AvgIpc) is 3.11. The van der Waals surface area contributed by atoms with Gasteiger partial charge >= 0.3 is 0 Å². The van der Waals surface area contributed by atoms with E-state index in [0.717, 1.165) is 54.1 Å². The van der Waals surface area contributed by atoms with Gasteiger partial charge in [-0.2, -0.15) is 0 Å². The van der Waals surface area contributed by atoms with E-state index in [-0.39, 0.29) is 12.3 Å². The van der Waals surface area contributed by atoms with Crippen LogP contribution in [-0.2, 0) is 4.74 Å². The summed E-state index contributed by atoms with van der Waals surface area (Å²) in [6.45, 7) is 3.48. The topological polar surface area (TPSA) is 57.4 Å². The fourth-order valence-electron chi connectivity index (χ4n) is 3.28. The van der Waals surface area contributed by atoms with Crippen molar-refractivity contribution in [3.05, 3.63) is 60.3 Å². The Kier molecular flexibility index (Phi) is 4.39. The molecule has 0 aliphatic carbocycles. The molecule has 1 saturated heterocycles. The predicted molar refractivity (Wildman–Crippen MR) is 101 cm³/mol. The van der Waals surface area contributed by atoms with Crippen LogP contribution < -0.4 is 10.2 Å². The maximum atomic E-state index is 12.7. The number of para-hydroxylation sites is 3. The van der Waals surface area contributed by atoms with Crippen molar-refractivity contribution in [2.45, 2.75) is 0 Å². The molecule has 2 aromatic carbocycles. The van der Waals surface area contributed by atoms with Crippen molar-refractivity contribution in [3.63, 3.8) is 0 Å². The lowest BCUT2D eigenvalue weighted by atomic mass is 10.1. The molecule has 25 heavy (non-hydrogen) atoms. The number of Topliss-reactive ketones (excluding diaryl/α,β-unsaturated/α-hetero) is 1. The standard InChI is InChI=1S/C20H21N3O2/c24-20(16-13-21-17-6-2-1-5-15(16)17)14-22-18-7-3-4-8-19(18)23-9-11-25-12-10-23/h1-8,13,21-22H,9-12,14H2. The Morgan fingerprint density at radius 1 is 1.08 bits per heavy atom. The van der Waals surface area contributed by atoms with E-state index in [1.807, 2.05) is 42.5 Å². The molecular formula is C20H21N3O2. The molecule has 1 fully saturated rings. The zero-order valence-corrected chi connectivity index (χ0v) is 14.0. The Morgan fingerprint density at radius 3 is 2.72 bits per heavy atom. The number of nitrogens with one attached hydrogen (secondary N) is 2. The Bertz CT molecular complexity index is 881. The van der Waals surface area contributed by atoms with E-state index >= 15 is 0 Å². The van der Waals surface area contributed by atoms with Gasteiger partial charge in [-0.05, 0) is 18.2 Å². The SMILES string of the molecule is O=C(CNc1ccccc1N1CCOCC1)c1c[nH]c2ccccc12. The molecular weight excluding hydrogens is 314 g/mol. The maximum Gasteiger partial charge on any atom is 0.183 e. The summed E-state index contributed by atoms with van der Waals surface area (Å²) in [6.07, 6.45) is 1.79. The third-order valence-corrected chi connectivity index (χ3v) is 4.58. The van der Waals surface area contributed by atoms with Gasteiger partial charge in [0.2, 0.25) is 0 Å². The van der Waals surface area contributed by atoms with Crippen LogP contribution in [0.2, 0.25) is 0 Å². The molecule has 2 N–H and O–H groups in total. The van der Waals surface area contributed by atoms with E-state index in [4.69, 9.17) is 4.74 Å². The monoisotopic (exact) mass is 335 g/mol. The van der Waals surface area contributed by atoms with Crippen LogP contribution in [-0.4, -0.2) is 43.6 Å². The van der Waals surface area contributed by atoms with Crippen LogP contribution in [0.4, 0.5) is 11.4 Å². The minimum atomic E-state index is 0.0780. The summed E-state index contributed by atoms with van der Waals surface area (Å²) in [7, 11) is 0. The van der Waals surface area contributed by atoms with Gasteiger partial charge < -0.3 is 19.9 Å². The van der Waals surface area contributed by atoms with Crippen molar-refractivity contribution in [3.8, 4) is 0 Å². The first-order chi connectivity index (χ1) is 12.3. The highest BCUT2D eigenvalue weighted by molar-refractivity contribution is 6.09. The molecule has 0 spiro atoms. The second-order valence-electron chi connectivity index (χ2n) is 6.14. The lowest BCUT2D eigenvalue weighted by molar-refractivity contribution is 0.101. The highest BCUT2D eigenvalue weighted by Gasteiger charge is 2.16. The Balaban J connectivity index is 1.50. The Labute approximate surface area is 146 Å². The molecule has 128 valence electrons. The number of hydrogen-bond donors (Lipinski definition) is 2. The van der Waals surface area contributed by atoms with E-state index in [1.165, 1.54) is 0 Å². The zero-order valence-electron chi connectivity index (χ0n) is 14.0. The molecule has 0 unspecified atom stereocenters. The van der Waals surface area contributed by atoms with Crippen LogP contribution >= 0.6 is 0 Å². The van der Waals surface area contributed by atoms with Gasteiger partial charge in [0.05, 0.1) is 31.1 Å². The quantitative estimate of drug-likeness (QED) is 0.703. The van der Waals surface area contributed by atoms with E-state index in [1.54, 1.807) is 6.20 Å². The molecule has 1 aromatic heterocycles. The number of hydrogen-bond acceptors (Lipinski definition) is 4. The molecule has 5 nitrogen and oxygen atoms in total. The summed E-state index contributed by atoms with van der Waals surface area (Å²) in [5.41, 5.74) is 3.82. The van der Waals surface area contributed by atoms with Crippen LogP contribution in [0.15, 0.2) is 54.7 Å². The number of carbonyl (C=O) groups is 1. The smallest absolute Gasteiger partial charge is 0.183 e. The van der Waals surface area contributed by atoms with Crippen molar-refractivity contribution in [1.82, 2.24) is 4.98 Å². The van der Waals surface area contributed by atoms with Crippen molar-refractivity contribution in [2.75, 3.05) is 43.1 Å². The third kappa shape index (κ3) is 3.23. The fourth-order valence-corrected chi connectivity index (χ4v) is 3.28. The molecule has 0 radical (unpaired) electrons. The highest BCUT2D eigenvalue weighted by Crippen LogP contribution is 2.26. The minimum absolute atomic E-state index is 0.0780. The van der Waals surface area contributed by atoms with E-state index in [0.29, 0.717) is 0 Å². The number of aromatic amines is 1. The molecule has 3 aromatic rings. The van der Waals surface area contributed by atoms with Gasteiger partial charge in [0.1, 0.15) is 0 Å². The highest BCUT2D eigenvalue weighted by atomic mass is 16.5. The number of ketones is 1. The fraction of sp³-hybridized carbons (Fsp3) is 0.250. The van der Waals surface area contributed by atoms with Crippen molar-refractivity contribution in [2.24, 2.45) is 0 Å². The molecule has 1 aliphatic heterocycles. The normalized spacial score (nSPS) is 14.6. The van der Waals surface area contributed by atoms with Crippen molar-refractivity contribution < 1.29 is 9.53 Å². The number of ether oxygens (including phenoxy) is 1. The number of nitrogens with zero attached hydrogens (tertiary/aromatic N) is 1. The second kappa shape index (κ2) is 6.99. The first-order valence-corrected chi connectivity index (χ1v) is 8.58. The van der Waals surface area contributed by atoms with Gasteiger partial charge in [-0.25, -0.2) is 0 Å². The van der Waals surface area contributed by atoms with Gasteiger partial charge in [0, 0.05) is 35.8 Å². The summed E-state index contributed by atoms with van der Waals surface area (Å²) in [5.74, 6) is 0.0780. The maximum absolute atomic E-state index is 12.7. The van der Waals surface area contributed by atoms with Gasteiger partial charge in [0.15, 0.2) is 5.78 Å². The van der Waals surface area contributed by atoms with Crippen LogP contribution in [0.5, 0.6) is 0 Å². The van der Waals surface area contributed by atoms with Gasteiger partial charge in [0.25, 0.3) is 0 Å². The molecule has 4 rings (SSSR count). The van der Waals surface area contributed by atoms with Crippen molar-refractivity contribution in [1.29, 1.82) is 0 Å². The van der Waals surface area contributed by atoms with Crippen LogP contribution in [0.3, 0.4) is 0 Å². The largest absolute Gasteiger partial charge is 0.378 e. The summed E-state index contributed by atoms with van der Waals surface area (Å²) < 4.78 is 5.43. The summed E-state index contributed by atoms with van der Waals surface area (Å²) in [6, 6.07) is 16.0. The number of morpholine rings is 1. The zero-order chi connectivity index (χ0) is 17.1. The minimum Gasteiger partial charge on any atom is -0.378 e. The second-order valence-corrected chi connectivity index (χ2v) is 6.14. The Morgan fingerprint density at radius 2 is 1.84 bits per heavy atom. The molecule has 1 aliphatic rings. The van der Waals surface area contributed by atoms with Crippen molar-refractivity contribution >= 4 is 28.1 Å². The third-order valence-electron chi connectivity index (χ3n) is 4.58. The van der Waals surface area contributed by atoms with Gasteiger partial charge in [-0.1, -0.05) is 30.3 Å². The van der Waals surface area contributed by atoms with Crippen LogP contribution in [0, 0.1) is 0 Å². The van der Waals surface area contributed by atoms with E-state index in [9.17, 15) is 4.79 Å². The number of aromatic nitrogens is 1. The lowest BCUT2D eigenvalue weighted by Crippen LogP contribution is -2.36. The molecule has 5 heteroatoms.